The van der Waals surface area contributed by atoms with Gasteiger partial charge in [-0.2, -0.15) is 0 Å². The minimum Gasteiger partial charge on any atom is -0.232 e. The fraction of sp³-hybridized carbons (Fsp3) is 0.250. The normalized spacial score (nSPS) is 8.50. The number of aryl methyl sites for hydroxylation is 1. The van der Waals surface area contributed by atoms with Crippen LogP contribution in [-0.4, -0.2) is 7.05 Å². The van der Waals surface area contributed by atoms with Gasteiger partial charge in [0.15, 0.2) is 0 Å². The topological polar surface area (TPSA) is 32.7 Å². The van der Waals surface area contributed by atoms with Gasteiger partial charge in [-0.25, -0.2) is 5.01 Å². The van der Waals surface area contributed by atoms with Crippen LogP contribution in [0.25, 0.3) is 0 Å². The van der Waals surface area contributed by atoms with Gasteiger partial charge in [0, 0.05) is 7.05 Å². The number of halogens is 1. The van der Waals surface area contributed by atoms with E-state index in [9.17, 15) is 4.91 Å². The Labute approximate surface area is 77.7 Å². The van der Waals surface area contributed by atoms with Crippen LogP contribution in [0, 0.1) is 11.8 Å². The Hall–Kier alpha value is -1.09. The SMILES string of the molecule is Cc1ccccc1N(C)N=O.Cl. The highest BCUT2D eigenvalue weighted by Crippen LogP contribution is 2.17. The Kier molecular flexibility index (Phi) is 4.29. The molecule has 0 aliphatic heterocycles. The van der Waals surface area contributed by atoms with E-state index in [2.05, 4.69) is 5.29 Å². The minimum atomic E-state index is 0. The summed E-state index contributed by atoms with van der Waals surface area (Å²) in [6, 6.07) is 7.61. The third-order valence-corrected chi connectivity index (χ3v) is 1.59. The lowest BCUT2D eigenvalue weighted by molar-refractivity contribution is 0.995. The average Bonchev–Trinajstić information content (AvgIpc) is 2.04. The van der Waals surface area contributed by atoms with Crippen molar-refractivity contribution in [2.24, 2.45) is 5.29 Å². The summed E-state index contributed by atoms with van der Waals surface area (Å²) in [5.41, 5.74) is 1.90. The molecule has 0 spiro atoms. The Morgan fingerprint density at radius 1 is 1.33 bits per heavy atom. The molecule has 0 saturated heterocycles. The van der Waals surface area contributed by atoms with Crippen molar-refractivity contribution < 1.29 is 0 Å². The summed E-state index contributed by atoms with van der Waals surface area (Å²) in [4.78, 5) is 10.1. The van der Waals surface area contributed by atoms with Gasteiger partial charge in [0.05, 0.1) is 11.0 Å². The standard InChI is InChI=1S/C8H10N2O.ClH/c1-7-5-3-4-6-8(7)10(2)9-11;/h3-6H,1-2H3;1H. The molecule has 1 rings (SSSR count). The minimum absolute atomic E-state index is 0. The number of benzene rings is 1. The molecule has 0 aliphatic rings. The monoisotopic (exact) mass is 186 g/mol. The largest absolute Gasteiger partial charge is 0.232 e. The van der Waals surface area contributed by atoms with Gasteiger partial charge in [0.1, 0.15) is 0 Å². The summed E-state index contributed by atoms with van der Waals surface area (Å²) in [7, 11) is 1.63. The highest BCUT2D eigenvalue weighted by atomic mass is 35.5. The van der Waals surface area contributed by atoms with Crippen LogP contribution < -0.4 is 5.01 Å². The molecule has 1 aromatic rings. The maximum atomic E-state index is 10.1. The van der Waals surface area contributed by atoms with E-state index in [0.717, 1.165) is 11.3 Å². The van der Waals surface area contributed by atoms with Gasteiger partial charge in [0.2, 0.25) is 0 Å². The van der Waals surface area contributed by atoms with Gasteiger partial charge >= 0.3 is 0 Å². The van der Waals surface area contributed by atoms with Crippen LogP contribution in [0.2, 0.25) is 0 Å². The maximum absolute atomic E-state index is 10.1. The van der Waals surface area contributed by atoms with Crippen LogP contribution in [0.3, 0.4) is 0 Å². The van der Waals surface area contributed by atoms with Crippen molar-refractivity contribution in [3.63, 3.8) is 0 Å². The van der Waals surface area contributed by atoms with Crippen molar-refractivity contribution in [3.05, 3.63) is 34.7 Å². The molecule has 0 aliphatic carbocycles. The number of para-hydroxylation sites is 1. The third kappa shape index (κ3) is 2.20. The first-order valence-corrected chi connectivity index (χ1v) is 3.38. The maximum Gasteiger partial charge on any atom is 0.0652 e. The molecule has 0 radical (unpaired) electrons. The molecule has 0 fully saturated rings. The lowest BCUT2D eigenvalue weighted by Gasteiger charge is -2.10. The van der Waals surface area contributed by atoms with E-state index in [1.54, 1.807) is 7.05 Å². The molecular formula is C8H11ClN2O. The zero-order chi connectivity index (χ0) is 8.27. The number of nitroso groups, excluding NO2 is 1. The summed E-state index contributed by atoms with van der Waals surface area (Å²) < 4.78 is 0. The molecule has 0 amide bonds. The zero-order valence-electron chi connectivity index (χ0n) is 7.02. The average molecular weight is 187 g/mol. The molecule has 3 nitrogen and oxygen atoms in total. The van der Waals surface area contributed by atoms with Crippen molar-refractivity contribution in [1.29, 1.82) is 0 Å². The molecule has 4 heteroatoms. The Morgan fingerprint density at radius 2 is 1.92 bits per heavy atom. The fourth-order valence-corrected chi connectivity index (χ4v) is 0.970. The first-order valence-electron chi connectivity index (χ1n) is 3.38. The predicted octanol–water partition coefficient (Wildman–Crippen LogP) is 2.53. The smallest absolute Gasteiger partial charge is 0.0652 e. The second-order valence-corrected chi connectivity index (χ2v) is 2.39. The molecule has 1 aromatic carbocycles. The third-order valence-electron chi connectivity index (χ3n) is 1.59. The summed E-state index contributed by atoms with van der Waals surface area (Å²) in [6.45, 7) is 1.94. The molecule has 0 N–H and O–H groups in total. The number of hydrogen-bond acceptors (Lipinski definition) is 2. The second kappa shape index (κ2) is 4.72. The van der Waals surface area contributed by atoms with Crippen LogP contribution in [0.5, 0.6) is 0 Å². The van der Waals surface area contributed by atoms with Crippen molar-refractivity contribution in [2.75, 3.05) is 12.1 Å². The molecule has 0 aromatic heterocycles. The van der Waals surface area contributed by atoms with Gasteiger partial charge in [0.25, 0.3) is 0 Å². The van der Waals surface area contributed by atoms with E-state index in [-0.39, 0.29) is 12.4 Å². The fourth-order valence-electron chi connectivity index (χ4n) is 0.970. The van der Waals surface area contributed by atoms with E-state index < -0.39 is 0 Å². The number of hydrogen-bond donors (Lipinski definition) is 0. The molecule has 0 bridgehead atoms. The number of nitrogens with zero attached hydrogens (tertiary/aromatic N) is 2. The van der Waals surface area contributed by atoms with Crippen molar-refractivity contribution in [1.82, 2.24) is 0 Å². The lowest BCUT2D eigenvalue weighted by Crippen LogP contribution is -2.07. The lowest BCUT2D eigenvalue weighted by atomic mass is 10.2. The van der Waals surface area contributed by atoms with Crippen LogP contribution in [0.4, 0.5) is 5.69 Å². The number of anilines is 1. The predicted molar refractivity (Wildman–Crippen MR) is 52.6 cm³/mol. The molecular weight excluding hydrogens is 176 g/mol. The van der Waals surface area contributed by atoms with E-state index >= 15 is 0 Å². The van der Waals surface area contributed by atoms with Crippen LogP contribution in [0.15, 0.2) is 29.6 Å². The summed E-state index contributed by atoms with van der Waals surface area (Å²) in [5, 5.41) is 4.12. The van der Waals surface area contributed by atoms with Gasteiger partial charge in [-0.3, -0.25) is 0 Å². The van der Waals surface area contributed by atoms with Crippen LogP contribution in [0.1, 0.15) is 5.56 Å². The zero-order valence-corrected chi connectivity index (χ0v) is 7.84. The molecule has 0 unspecified atom stereocenters. The van der Waals surface area contributed by atoms with Gasteiger partial charge < -0.3 is 0 Å². The highest BCUT2D eigenvalue weighted by Gasteiger charge is 2.00. The van der Waals surface area contributed by atoms with E-state index in [1.165, 1.54) is 5.01 Å². The highest BCUT2D eigenvalue weighted by molar-refractivity contribution is 5.85. The molecule has 66 valence electrons. The van der Waals surface area contributed by atoms with Crippen molar-refractivity contribution >= 4 is 18.1 Å². The summed E-state index contributed by atoms with van der Waals surface area (Å²) in [5.74, 6) is 0. The van der Waals surface area contributed by atoms with E-state index in [0.29, 0.717) is 0 Å². The Balaban J connectivity index is 0.00000121. The van der Waals surface area contributed by atoms with Gasteiger partial charge in [-0.05, 0) is 18.6 Å². The quantitative estimate of drug-likeness (QED) is 0.525. The van der Waals surface area contributed by atoms with E-state index in [1.807, 2.05) is 31.2 Å². The van der Waals surface area contributed by atoms with Crippen LogP contribution in [-0.2, 0) is 0 Å². The molecule has 12 heavy (non-hydrogen) atoms. The Bertz CT molecular complexity index is 265. The Morgan fingerprint density at radius 3 is 2.42 bits per heavy atom. The first kappa shape index (κ1) is 10.9. The summed E-state index contributed by atoms with van der Waals surface area (Å²) in [6.07, 6.45) is 0. The summed E-state index contributed by atoms with van der Waals surface area (Å²) >= 11 is 0. The first-order chi connectivity index (χ1) is 5.25. The van der Waals surface area contributed by atoms with Gasteiger partial charge in [-0.1, -0.05) is 18.2 Å². The van der Waals surface area contributed by atoms with Crippen molar-refractivity contribution in [3.8, 4) is 0 Å². The molecule has 0 heterocycles. The number of rotatable bonds is 2. The second-order valence-electron chi connectivity index (χ2n) is 2.39. The van der Waals surface area contributed by atoms with E-state index in [4.69, 9.17) is 0 Å². The van der Waals surface area contributed by atoms with Crippen LogP contribution >= 0.6 is 12.4 Å². The van der Waals surface area contributed by atoms with Gasteiger partial charge in [-0.15, -0.1) is 17.3 Å². The van der Waals surface area contributed by atoms with Crippen molar-refractivity contribution in [2.45, 2.75) is 6.92 Å². The molecule has 0 atom stereocenters. The molecule has 0 saturated carbocycles.